The molecule has 1 heterocycles. The molecule has 0 spiro atoms. The maximum Gasteiger partial charge on any atom is 0.0596 e. The second-order valence-electron chi connectivity index (χ2n) is 4.87. The van der Waals surface area contributed by atoms with E-state index >= 15 is 0 Å². The fraction of sp³-hybridized carbons (Fsp3) is 0.727. The van der Waals surface area contributed by atoms with Crippen LogP contribution < -0.4 is 5.73 Å². The van der Waals surface area contributed by atoms with E-state index in [9.17, 15) is 0 Å². The minimum absolute atomic E-state index is 0.289. The maximum atomic E-state index is 6.18. The van der Waals surface area contributed by atoms with Gasteiger partial charge in [-0.15, -0.1) is 0 Å². The van der Waals surface area contributed by atoms with Crippen molar-refractivity contribution in [3.8, 4) is 0 Å². The zero-order chi connectivity index (χ0) is 10.3. The van der Waals surface area contributed by atoms with Crippen LogP contribution in [-0.4, -0.2) is 15.8 Å². The molecular weight excluding hydrogens is 174 g/mol. The molecule has 1 aliphatic carbocycles. The molecule has 0 radical (unpaired) electrons. The van der Waals surface area contributed by atoms with Crippen LogP contribution in [0.3, 0.4) is 0 Å². The molecule has 0 aliphatic heterocycles. The van der Waals surface area contributed by atoms with Crippen LogP contribution in [0.25, 0.3) is 0 Å². The normalized spacial score (nSPS) is 20.9. The summed E-state index contributed by atoms with van der Waals surface area (Å²) >= 11 is 0. The van der Waals surface area contributed by atoms with Gasteiger partial charge in [-0.05, 0) is 31.2 Å². The maximum absolute atomic E-state index is 6.18. The molecule has 0 amide bonds. The average Bonchev–Trinajstić information content (AvgIpc) is 2.76. The highest BCUT2D eigenvalue weighted by molar-refractivity contribution is 5.12. The SMILES string of the molecule is Cc1cc(CC(N)C2(C)CC2)n(C)n1. The van der Waals surface area contributed by atoms with E-state index < -0.39 is 0 Å². The van der Waals surface area contributed by atoms with Gasteiger partial charge in [-0.2, -0.15) is 5.10 Å². The Morgan fingerprint density at radius 1 is 1.64 bits per heavy atom. The van der Waals surface area contributed by atoms with Crippen LogP contribution in [0.2, 0.25) is 0 Å². The van der Waals surface area contributed by atoms with Gasteiger partial charge in [0.15, 0.2) is 0 Å². The highest BCUT2D eigenvalue weighted by Crippen LogP contribution is 2.48. The molecule has 1 fully saturated rings. The third-order valence-corrected chi connectivity index (χ3v) is 3.46. The first-order valence-corrected chi connectivity index (χ1v) is 5.26. The standard InChI is InChI=1S/C11H19N3/c1-8-6-9(14(3)13-8)7-10(12)11(2)4-5-11/h6,10H,4-5,7,12H2,1-3H3. The molecule has 1 unspecified atom stereocenters. The number of hydrogen-bond acceptors (Lipinski definition) is 2. The average molecular weight is 193 g/mol. The molecule has 2 rings (SSSR count). The quantitative estimate of drug-likeness (QED) is 0.788. The Kier molecular flexibility index (Phi) is 2.14. The number of nitrogens with two attached hydrogens (primary N) is 1. The van der Waals surface area contributed by atoms with E-state index in [1.54, 1.807) is 0 Å². The van der Waals surface area contributed by atoms with Crippen molar-refractivity contribution in [1.29, 1.82) is 0 Å². The van der Waals surface area contributed by atoms with E-state index in [-0.39, 0.29) is 6.04 Å². The summed E-state index contributed by atoms with van der Waals surface area (Å²) in [5.74, 6) is 0. The van der Waals surface area contributed by atoms with Gasteiger partial charge in [-0.3, -0.25) is 4.68 Å². The van der Waals surface area contributed by atoms with Crippen LogP contribution in [0.1, 0.15) is 31.2 Å². The summed E-state index contributed by atoms with van der Waals surface area (Å²) in [5.41, 5.74) is 8.92. The minimum atomic E-state index is 0.289. The fourth-order valence-electron chi connectivity index (χ4n) is 1.89. The molecule has 0 saturated heterocycles. The number of rotatable bonds is 3. The second kappa shape index (κ2) is 3.09. The summed E-state index contributed by atoms with van der Waals surface area (Å²) in [7, 11) is 1.99. The largest absolute Gasteiger partial charge is 0.327 e. The van der Waals surface area contributed by atoms with E-state index in [0.29, 0.717) is 5.41 Å². The lowest BCUT2D eigenvalue weighted by molar-refractivity contribution is 0.424. The summed E-state index contributed by atoms with van der Waals surface area (Å²) in [5, 5.41) is 4.33. The van der Waals surface area contributed by atoms with Crippen molar-refractivity contribution in [2.24, 2.45) is 18.2 Å². The number of nitrogens with zero attached hydrogens (tertiary/aromatic N) is 2. The van der Waals surface area contributed by atoms with Gasteiger partial charge in [0.2, 0.25) is 0 Å². The van der Waals surface area contributed by atoms with Crippen molar-refractivity contribution in [3.05, 3.63) is 17.5 Å². The first-order valence-electron chi connectivity index (χ1n) is 5.26. The summed E-state index contributed by atoms with van der Waals surface area (Å²) in [4.78, 5) is 0. The third kappa shape index (κ3) is 1.69. The molecule has 1 aromatic rings. The van der Waals surface area contributed by atoms with E-state index in [1.807, 2.05) is 18.7 Å². The Bertz CT molecular complexity index is 336. The van der Waals surface area contributed by atoms with Gasteiger partial charge < -0.3 is 5.73 Å². The van der Waals surface area contributed by atoms with Crippen molar-refractivity contribution < 1.29 is 0 Å². The first kappa shape index (κ1) is 9.71. The van der Waals surface area contributed by atoms with Crippen LogP contribution in [0.5, 0.6) is 0 Å². The van der Waals surface area contributed by atoms with Gasteiger partial charge >= 0.3 is 0 Å². The van der Waals surface area contributed by atoms with E-state index in [1.165, 1.54) is 18.5 Å². The van der Waals surface area contributed by atoms with Gasteiger partial charge in [0.25, 0.3) is 0 Å². The molecule has 14 heavy (non-hydrogen) atoms. The van der Waals surface area contributed by atoms with Crippen LogP contribution in [0.15, 0.2) is 6.07 Å². The van der Waals surface area contributed by atoms with Gasteiger partial charge in [-0.25, -0.2) is 0 Å². The Morgan fingerprint density at radius 2 is 2.29 bits per heavy atom. The van der Waals surface area contributed by atoms with Crippen molar-refractivity contribution >= 4 is 0 Å². The molecule has 1 aromatic heterocycles. The van der Waals surface area contributed by atoms with Crippen molar-refractivity contribution in [2.75, 3.05) is 0 Å². The molecule has 2 N–H and O–H groups in total. The highest BCUT2D eigenvalue weighted by Gasteiger charge is 2.42. The molecule has 3 heteroatoms. The summed E-state index contributed by atoms with van der Waals surface area (Å²) in [6.45, 7) is 4.30. The minimum Gasteiger partial charge on any atom is -0.327 e. The fourth-order valence-corrected chi connectivity index (χ4v) is 1.89. The summed E-state index contributed by atoms with van der Waals surface area (Å²) in [6.07, 6.45) is 3.52. The second-order valence-corrected chi connectivity index (χ2v) is 4.87. The van der Waals surface area contributed by atoms with E-state index in [0.717, 1.165) is 12.1 Å². The van der Waals surface area contributed by atoms with Gasteiger partial charge in [-0.1, -0.05) is 6.92 Å². The van der Waals surface area contributed by atoms with Crippen molar-refractivity contribution in [3.63, 3.8) is 0 Å². The Hall–Kier alpha value is -0.830. The molecule has 1 aliphatic rings. The monoisotopic (exact) mass is 193 g/mol. The smallest absolute Gasteiger partial charge is 0.0596 e. The molecular formula is C11H19N3. The Morgan fingerprint density at radius 3 is 2.71 bits per heavy atom. The van der Waals surface area contributed by atoms with Crippen LogP contribution >= 0.6 is 0 Å². The van der Waals surface area contributed by atoms with Crippen molar-refractivity contribution in [2.45, 2.75) is 39.2 Å². The lowest BCUT2D eigenvalue weighted by atomic mass is 9.95. The molecule has 78 valence electrons. The zero-order valence-electron chi connectivity index (χ0n) is 9.25. The predicted molar refractivity (Wildman–Crippen MR) is 57.0 cm³/mol. The molecule has 3 nitrogen and oxygen atoms in total. The van der Waals surface area contributed by atoms with Gasteiger partial charge in [0.05, 0.1) is 5.69 Å². The highest BCUT2D eigenvalue weighted by atomic mass is 15.3. The van der Waals surface area contributed by atoms with E-state index in [2.05, 4.69) is 18.1 Å². The van der Waals surface area contributed by atoms with Crippen LogP contribution in [0, 0.1) is 12.3 Å². The van der Waals surface area contributed by atoms with Gasteiger partial charge in [0, 0.05) is 25.2 Å². The van der Waals surface area contributed by atoms with Crippen LogP contribution in [0.4, 0.5) is 0 Å². The topological polar surface area (TPSA) is 43.8 Å². The Balaban J connectivity index is 2.06. The van der Waals surface area contributed by atoms with E-state index in [4.69, 9.17) is 5.73 Å². The number of aromatic nitrogens is 2. The number of aryl methyl sites for hydroxylation is 2. The summed E-state index contributed by atoms with van der Waals surface area (Å²) < 4.78 is 1.95. The molecule has 0 aromatic carbocycles. The zero-order valence-corrected chi connectivity index (χ0v) is 9.25. The lowest BCUT2D eigenvalue weighted by Gasteiger charge is -2.18. The van der Waals surface area contributed by atoms with Gasteiger partial charge in [0.1, 0.15) is 0 Å². The predicted octanol–water partition coefficient (Wildman–Crippen LogP) is 1.40. The Labute approximate surface area is 85.3 Å². The molecule has 0 bridgehead atoms. The third-order valence-electron chi connectivity index (χ3n) is 3.46. The molecule has 1 atom stereocenters. The summed E-state index contributed by atoms with van der Waals surface area (Å²) in [6, 6.07) is 2.42. The number of hydrogen-bond donors (Lipinski definition) is 1. The van der Waals surface area contributed by atoms with Crippen molar-refractivity contribution in [1.82, 2.24) is 9.78 Å². The molecule has 1 saturated carbocycles. The lowest BCUT2D eigenvalue weighted by Crippen LogP contribution is -2.32. The van der Waals surface area contributed by atoms with Crippen LogP contribution in [-0.2, 0) is 13.5 Å². The first-order chi connectivity index (χ1) is 6.51.